The van der Waals surface area contributed by atoms with Crippen LogP contribution in [0.15, 0.2) is 33.5 Å². The highest BCUT2D eigenvalue weighted by Crippen LogP contribution is 2.37. The van der Waals surface area contributed by atoms with Crippen molar-refractivity contribution in [2.45, 2.75) is 0 Å². The van der Waals surface area contributed by atoms with E-state index in [1.807, 2.05) is 0 Å². The summed E-state index contributed by atoms with van der Waals surface area (Å²) in [6, 6.07) is 3.49. The summed E-state index contributed by atoms with van der Waals surface area (Å²) >= 11 is 6.75. The van der Waals surface area contributed by atoms with Crippen molar-refractivity contribution in [2.75, 3.05) is 14.2 Å². The molecule has 6 nitrogen and oxygen atoms in total. The number of benzene rings is 1. The maximum absolute atomic E-state index is 11.3. The lowest BCUT2D eigenvalue weighted by molar-refractivity contribution is 0.0593. The first kappa shape index (κ1) is 15.7. The van der Waals surface area contributed by atoms with Gasteiger partial charge in [-0.2, -0.15) is 0 Å². The summed E-state index contributed by atoms with van der Waals surface area (Å²) in [6.45, 7) is 0. The SMILES string of the molecule is COC(=O)c1cnc(Oc2cc(Br)c(OC)cc2Br)cn1. The highest BCUT2D eigenvalue weighted by molar-refractivity contribution is 9.11. The van der Waals surface area contributed by atoms with Gasteiger partial charge in [0.15, 0.2) is 5.69 Å². The molecule has 0 saturated carbocycles. The highest BCUT2D eigenvalue weighted by Gasteiger charge is 2.12. The Bertz CT molecular complexity index is 662. The van der Waals surface area contributed by atoms with Crippen LogP contribution in [-0.4, -0.2) is 30.2 Å². The number of nitrogens with zero attached hydrogens (tertiary/aromatic N) is 2. The van der Waals surface area contributed by atoms with Crippen molar-refractivity contribution in [3.8, 4) is 17.4 Å². The van der Waals surface area contributed by atoms with E-state index in [2.05, 4.69) is 46.6 Å². The van der Waals surface area contributed by atoms with E-state index >= 15 is 0 Å². The lowest BCUT2D eigenvalue weighted by Gasteiger charge is -2.10. The fraction of sp³-hybridized carbons (Fsp3) is 0.154. The number of esters is 1. The normalized spacial score (nSPS) is 10.1. The van der Waals surface area contributed by atoms with Crippen LogP contribution in [0.25, 0.3) is 0 Å². The fourth-order valence-corrected chi connectivity index (χ4v) is 2.32. The van der Waals surface area contributed by atoms with Crippen molar-refractivity contribution in [1.82, 2.24) is 9.97 Å². The largest absolute Gasteiger partial charge is 0.496 e. The molecule has 0 aliphatic carbocycles. The van der Waals surface area contributed by atoms with Gasteiger partial charge in [0.25, 0.3) is 0 Å². The Hall–Kier alpha value is -1.67. The van der Waals surface area contributed by atoms with Crippen molar-refractivity contribution in [2.24, 2.45) is 0 Å². The zero-order valence-corrected chi connectivity index (χ0v) is 14.3. The average Bonchev–Trinajstić information content (AvgIpc) is 2.50. The summed E-state index contributed by atoms with van der Waals surface area (Å²) in [4.78, 5) is 19.2. The van der Waals surface area contributed by atoms with E-state index in [-0.39, 0.29) is 11.6 Å². The summed E-state index contributed by atoms with van der Waals surface area (Å²) in [6.07, 6.45) is 2.63. The van der Waals surface area contributed by atoms with E-state index in [4.69, 9.17) is 9.47 Å². The standard InChI is InChI=1S/C13H10Br2N2O4/c1-19-10-3-8(15)11(4-7(10)14)21-12-6-16-9(5-17-12)13(18)20-2/h3-6H,1-2H3. The summed E-state index contributed by atoms with van der Waals surface area (Å²) in [5.74, 6) is 0.895. The third-order valence-electron chi connectivity index (χ3n) is 2.44. The summed E-state index contributed by atoms with van der Waals surface area (Å²) < 4.78 is 16.8. The molecule has 1 heterocycles. The van der Waals surface area contributed by atoms with Gasteiger partial charge in [-0.3, -0.25) is 0 Å². The van der Waals surface area contributed by atoms with Gasteiger partial charge in [0.05, 0.1) is 35.6 Å². The maximum atomic E-state index is 11.3. The lowest BCUT2D eigenvalue weighted by atomic mass is 10.3. The first-order valence-corrected chi connectivity index (χ1v) is 7.25. The fourth-order valence-electron chi connectivity index (χ4n) is 1.44. The molecule has 110 valence electrons. The minimum absolute atomic E-state index is 0.111. The molecule has 0 atom stereocenters. The van der Waals surface area contributed by atoms with Gasteiger partial charge >= 0.3 is 5.97 Å². The molecule has 0 aliphatic heterocycles. The first-order valence-electron chi connectivity index (χ1n) is 5.66. The van der Waals surface area contributed by atoms with E-state index in [0.717, 1.165) is 4.47 Å². The van der Waals surface area contributed by atoms with Crippen molar-refractivity contribution < 1.29 is 19.0 Å². The van der Waals surface area contributed by atoms with Gasteiger partial charge in [0.2, 0.25) is 5.88 Å². The van der Waals surface area contributed by atoms with Gasteiger partial charge in [0, 0.05) is 0 Å². The van der Waals surface area contributed by atoms with Crippen molar-refractivity contribution >= 4 is 37.8 Å². The molecule has 2 rings (SSSR count). The van der Waals surface area contributed by atoms with Crippen molar-refractivity contribution in [3.63, 3.8) is 0 Å². The third-order valence-corrected chi connectivity index (χ3v) is 3.68. The van der Waals surface area contributed by atoms with Crippen LogP contribution in [-0.2, 0) is 4.74 Å². The van der Waals surface area contributed by atoms with Crippen LogP contribution in [0.2, 0.25) is 0 Å². The molecule has 1 aromatic heterocycles. The zero-order valence-electron chi connectivity index (χ0n) is 11.1. The molecule has 0 unspecified atom stereocenters. The van der Waals surface area contributed by atoms with E-state index < -0.39 is 5.97 Å². The number of ether oxygens (including phenoxy) is 3. The van der Waals surface area contributed by atoms with Gasteiger partial charge in [0.1, 0.15) is 11.5 Å². The molecule has 0 amide bonds. The molecule has 0 spiro atoms. The second kappa shape index (κ2) is 6.86. The van der Waals surface area contributed by atoms with Crippen LogP contribution in [0.3, 0.4) is 0 Å². The quantitative estimate of drug-likeness (QED) is 0.708. The lowest BCUT2D eigenvalue weighted by Crippen LogP contribution is -2.04. The predicted molar refractivity (Wildman–Crippen MR) is 81.8 cm³/mol. The van der Waals surface area contributed by atoms with E-state index in [0.29, 0.717) is 16.0 Å². The Morgan fingerprint density at radius 3 is 2.29 bits per heavy atom. The smallest absolute Gasteiger partial charge is 0.358 e. The van der Waals surface area contributed by atoms with Crippen LogP contribution in [0.4, 0.5) is 0 Å². The van der Waals surface area contributed by atoms with Crippen molar-refractivity contribution in [1.29, 1.82) is 0 Å². The Morgan fingerprint density at radius 1 is 1.05 bits per heavy atom. The molecule has 0 bridgehead atoms. The predicted octanol–water partition coefficient (Wildman–Crippen LogP) is 3.59. The minimum Gasteiger partial charge on any atom is -0.496 e. The Morgan fingerprint density at radius 2 is 1.71 bits per heavy atom. The Labute approximate surface area is 137 Å². The molecule has 21 heavy (non-hydrogen) atoms. The van der Waals surface area contributed by atoms with Crippen LogP contribution < -0.4 is 9.47 Å². The van der Waals surface area contributed by atoms with E-state index in [1.54, 1.807) is 19.2 Å². The summed E-state index contributed by atoms with van der Waals surface area (Å²) in [5, 5.41) is 0. The van der Waals surface area contributed by atoms with Gasteiger partial charge in [-0.1, -0.05) is 0 Å². The second-order valence-corrected chi connectivity index (χ2v) is 5.46. The number of aromatic nitrogens is 2. The second-order valence-electron chi connectivity index (χ2n) is 3.75. The van der Waals surface area contributed by atoms with Crippen LogP contribution in [0, 0.1) is 0 Å². The molecular weight excluding hydrogens is 408 g/mol. The summed E-state index contributed by atoms with van der Waals surface area (Å²) in [7, 11) is 2.85. The van der Waals surface area contributed by atoms with Gasteiger partial charge in [-0.05, 0) is 44.0 Å². The molecule has 8 heteroatoms. The number of hydrogen-bond acceptors (Lipinski definition) is 6. The molecule has 1 aromatic carbocycles. The van der Waals surface area contributed by atoms with Crippen LogP contribution in [0.1, 0.15) is 10.5 Å². The number of halogens is 2. The molecular formula is C13H10Br2N2O4. The number of hydrogen-bond donors (Lipinski definition) is 0. The zero-order chi connectivity index (χ0) is 15.4. The van der Waals surface area contributed by atoms with Gasteiger partial charge in [-0.25, -0.2) is 14.8 Å². The van der Waals surface area contributed by atoms with Crippen LogP contribution in [0.5, 0.6) is 17.4 Å². The summed E-state index contributed by atoms with van der Waals surface area (Å²) in [5.41, 5.74) is 0.111. The molecule has 0 fully saturated rings. The topological polar surface area (TPSA) is 70.5 Å². The number of carbonyl (C=O) groups excluding carboxylic acids is 1. The van der Waals surface area contributed by atoms with Crippen molar-refractivity contribution in [3.05, 3.63) is 39.2 Å². The first-order chi connectivity index (χ1) is 10.0. The Kier molecular flexibility index (Phi) is 5.13. The minimum atomic E-state index is -0.553. The van der Waals surface area contributed by atoms with Gasteiger partial charge < -0.3 is 14.2 Å². The van der Waals surface area contributed by atoms with E-state index in [9.17, 15) is 4.79 Å². The van der Waals surface area contributed by atoms with Crippen LogP contribution >= 0.6 is 31.9 Å². The Balaban J connectivity index is 2.22. The number of carbonyl (C=O) groups is 1. The average molecular weight is 418 g/mol. The molecule has 0 saturated heterocycles. The maximum Gasteiger partial charge on any atom is 0.358 e. The molecule has 0 N–H and O–H groups in total. The monoisotopic (exact) mass is 416 g/mol. The molecule has 2 aromatic rings. The number of methoxy groups -OCH3 is 2. The number of rotatable bonds is 4. The van der Waals surface area contributed by atoms with E-state index in [1.165, 1.54) is 19.5 Å². The molecule has 0 radical (unpaired) electrons. The van der Waals surface area contributed by atoms with Gasteiger partial charge in [-0.15, -0.1) is 0 Å². The molecule has 0 aliphatic rings. The third kappa shape index (κ3) is 3.70. The highest BCUT2D eigenvalue weighted by atomic mass is 79.9.